The Morgan fingerprint density at radius 1 is 0.889 bits per heavy atom. The van der Waals surface area contributed by atoms with Crippen molar-refractivity contribution < 1.29 is 11.9 Å². The van der Waals surface area contributed by atoms with Gasteiger partial charge in [0.15, 0.2) is 0 Å². The third-order valence-corrected chi connectivity index (χ3v) is 4.85. The third kappa shape index (κ3) is 16.2. The van der Waals surface area contributed by atoms with Crippen LogP contribution >= 0.6 is 17.9 Å². The first-order chi connectivity index (χ1) is 8.12. The quantitative estimate of drug-likeness (QED) is 0.229. The zero-order valence-corrected chi connectivity index (χ0v) is 16.7. The SMILES string of the molecule is CCCCCCOP(=S)(S)OCCCCCC.[Ca+2].[H-].[H-]. The van der Waals surface area contributed by atoms with Crippen molar-refractivity contribution in [2.24, 2.45) is 0 Å². The Morgan fingerprint density at radius 2 is 1.28 bits per heavy atom. The first kappa shape index (κ1) is 22.5. The number of unbranched alkanes of at least 4 members (excludes halogenated alkanes) is 6. The molecule has 0 fully saturated rings. The molecule has 0 aromatic heterocycles. The maximum atomic E-state index is 5.55. The van der Waals surface area contributed by atoms with Gasteiger partial charge in [0, 0.05) is 0 Å². The summed E-state index contributed by atoms with van der Waals surface area (Å²) in [6, 6.07) is 0. The van der Waals surface area contributed by atoms with Crippen LogP contribution in [0.1, 0.15) is 68.1 Å². The summed E-state index contributed by atoms with van der Waals surface area (Å²) in [5.74, 6) is 0. The summed E-state index contributed by atoms with van der Waals surface area (Å²) in [7, 11) is 0. The number of hydrogen-bond donors (Lipinski definition) is 1. The summed E-state index contributed by atoms with van der Waals surface area (Å²) in [5, 5.41) is 0. The van der Waals surface area contributed by atoms with Crippen molar-refractivity contribution in [3.8, 4) is 0 Å². The average Bonchev–Trinajstić information content (AvgIpc) is 2.28. The molecule has 0 rings (SSSR count). The zero-order valence-electron chi connectivity index (χ0n) is 13.9. The molecular weight excluding hydrogens is 311 g/mol. The van der Waals surface area contributed by atoms with Crippen LogP contribution < -0.4 is 0 Å². The van der Waals surface area contributed by atoms with Crippen molar-refractivity contribution >= 4 is 67.5 Å². The molecule has 0 saturated heterocycles. The van der Waals surface area contributed by atoms with Gasteiger partial charge in [-0.1, -0.05) is 64.6 Å². The summed E-state index contributed by atoms with van der Waals surface area (Å²) in [6.07, 6.45) is 9.53. The molecule has 2 nitrogen and oxygen atoms in total. The monoisotopic (exact) mass is 340 g/mol. The van der Waals surface area contributed by atoms with Crippen molar-refractivity contribution in [2.75, 3.05) is 13.2 Å². The van der Waals surface area contributed by atoms with E-state index in [-0.39, 0.29) is 40.6 Å². The second-order valence-electron chi connectivity index (χ2n) is 4.26. The summed E-state index contributed by atoms with van der Waals surface area (Å²) in [5.41, 5.74) is -2.26. The number of rotatable bonds is 12. The maximum absolute atomic E-state index is 5.55. The molecular formula is C12H29CaO2PS2. The molecule has 0 aliphatic heterocycles. The smallest absolute Gasteiger partial charge is 1.00 e. The molecule has 0 N–H and O–H groups in total. The molecule has 0 aromatic rings. The molecule has 0 spiro atoms. The van der Waals surface area contributed by atoms with E-state index in [1.807, 2.05) is 0 Å². The Labute approximate surface area is 156 Å². The molecule has 0 aliphatic rings. The standard InChI is InChI=1S/C12H27O2PS2.Ca.2H/c1-3-5-7-9-11-13-15(16,17)14-12-10-8-6-4-2;;;/h3-12H2,1-2H3,(H,16,17);;;/q;+2;2*-1. The van der Waals surface area contributed by atoms with E-state index in [0.717, 1.165) is 12.8 Å². The van der Waals surface area contributed by atoms with Crippen molar-refractivity contribution in [2.45, 2.75) is 65.2 Å². The van der Waals surface area contributed by atoms with Gasteiger partial charge in [0.2, 0.25) is 5.69 Å². The predicted molar refractivity (Wildman–Crippen MR) is 91.4 cm³/mol. The zero-order chi connectivity index (χ0) is 13.0. The molecule has 0 aliphatic carbocycles. The molecule has 0 atom stereocenters. The van der Waals surface area contributed by atoms with Gasteiger partial charge in [-0.05, 0) is 24.6 Å². The molecule has 0 unspecified atom stereocenters. The Bertz CT molecular complexity index is 210. The van der Waals surface area contributed by atoms with E-state index in [4.69, 9.17) is 20.9 Å². The predicted octanol–water partition coefficient (Wildman–Crippen LogP) is 5.18. The summed E-state index contributed by atoms with van der Waals surface area (Å²) < 4.78 is 11.1. The Hall–Kier alpha value is 2.18. The third-order valence-electron chi connectivity index (χ3n) is 2.50. The van der Waals surface area contributed by atoms with Crippen LogP contribution in [0, 0.1) is 0 Å². The number of thiol groups is 1. The average molecular weight is 341 g/mol. The van der Waals surface area contributed by atoms with E-state index >= 15 is 0 Å². The number of hydrogen-bond acceptors (Lipinski definition) is 3. The maximum Gasteiger partial charge on any atom is 2.00 e. The fourth-order valence-corrected chi connectivity index (χ4v) is 3.19. The van der Waals surface area contributed by atoms with Gasteiger partial charge in [0.1, 0.15) is 0 Å². The summed E-state index contributed by atoms with van der Waals surface area (Å²) in [6.45, 7) is 5.78. The van der Waals surface area contributed by atoms with Crippen LogP contribution in [0.25, 0.3) is 0 Å². The normalized spacial score (nSPS) is 11.3. The second-order valence-corrected chi connectivity index (χ2v) is 9.54. The molecule has 6 heteroatoms. The molecule has 0 bridgehead atoms. The minimum absolute atomic E-state index is 0. The van der Waals surface area contributed by atoms with Gasteiger partial charge in [0.25, 0.3) is 0 Å². The van der Waals surface area contributed by atoms with Gasteiger partial charge in [-0.25, -0.2) is 0 Å². The van der Waals surface area contributed by atoms with Gasteiger partial charge in [-0.15, -0.1) is 0 Å². The van der Waals surface area contributed by atoms with E-state index in [1.54, 1.807) is 0 Å². The van der Waals surface area contributed by atoms with Crippen LogP contribution in [0.15, 0.2) is 0 Å². The molecule has 0 saturated carbocycles. The van der Waals surface area contributed by atoms with Gasteiger partial charge in [0.05, 0.1) is 13.2 Å². The van der Waals surface area contributed by atoms with Crippen LogP contribution in [0.2, 0.25) is 0 Å². The largest absolute Gasteiger partial charge is 2.00 e. The van der Waals surface area contributed by atoms with Gasteiger partial charge in [-0.2, -0.15) is 0 Å². The molecule has 0 radical (unpaired) electrons. The van der Waals surface area contributed by atoms with E-state index in [0.29, 0.717) is 13.2 Å². The molecule has 108 valence electrons. The van der Waals surface area contributed by atoms with E-state index < -0.39 is 5.69 Å². The Morgan fingerprint density at radius 3 is 1.61 bits per heavy atom. The van der Waals surface area contributed by atoms with Crippen molar-refractivity contribution in [3.05, 3.63) is 0 Å². The van der Waals surface area contributed by atoms with Crippen molar-refractivity contribution in [3.63, 3.8) is 0 Å². The van der Waals surface area contributed by atoms with Crippen LogP contribution in [0.4, 0.5) is 0 Å². The van der Waals surface area contributed by atoms with Crippen LogP contribution in [-0.4, -0.2) is 51.0 Å². The Kier molecular flexibility index (Phi) is 19.4. The first-order valence-electron chi connectivity index (χ1n) is 6.74. The van der Waals surface area contributed by atoms with Gasteiger partial charge in [-0.3, -0.25) is 0 Å². The van der Waals surface area contributed by atoms with Crippen molar-refractivity contribution in [1.29, 1.82) is 0 Å². The molecule has 0 amide bonds. The molecule has 0 aromatic carbocycles. The van der Waals surface area contributed by atoms with Gasteiger partial charge >= 0.3 is 37.7 Å². The fourth-order valence-electron chi connectivity index (χ4n) is 1.45. The second kappa shape index (κ2) is 15.6. The van der Waals surface area contributed by atoms with Gasteiger partial charge < -0.3 is 11.9 Å². The molecule has 18 heavy (non-hydrogen) atoms. The van der Waals surface area contributed by atoms with Crippen LogP contribution in [-0.2, 0) is 20.9 Å². The summed E-state index contributed by atoms with van der Waals surface area (Å²) >= 11 is 9.55. The first-order valence-corrected chi connectivity index (χ1v) is 10.5. The molecule has 0 heterocycles. The van der Waals surface area contributed by atoms with E-state index in [2.05, 4.69) is 26.1 Å². The summed E-state index contributed by atoms with van der Waals surface area (Å²) in [4.78, 5) is 0. The minimum Gasteiger partial charge on any atom is -1.00 e. The Balaban J connectivity index is -0.000000427. The fraction of sp³-hybridized carbons (Fsp3) is 1.00. The van der Waals surface area contributed by atoms with E-state index in [1.165, 1.54) is 38.5 Å². The topological polar surface area (TPSA) is 18.5 Å². The van der Waals surface area contributed by atoms with Crippen LogP contribution in [0.3, 0.4) is 0 Å². The van der Waals surface area contributed by atoms with Crippen LogP contribution in [0.5, 0.6) is 0 Å². The van der Waals surface area contributed by atoms with Crippen molar-refractivity contribution in [1.82, 2.24) is 0 Å². The van der Waals surface area contributed by atoms with E-state index in [9.17, 15) is 0 Å². The minimum atomic E-state index is -2.26.